The molecular weight excluding hydrogens is 517 g/mol. The molecule has 2 aromatic carbocycles. The van der Waals surface area contributed by atoms with Gasteiger partial charge in [-0.2, -0.15) is 0 Å². The molecule has 0 unspecified atom stereocenters. The Balaban J connectivity index is 0.00000353. The van der Waals surface area contributed by atoms with Crippen LogP contribution in [0, 0.1) is 13.8 Å². The standard InChI is InChI=1S/C28H26N3O6P.CH4/c1-17-12-18(2)29-22(17)14-24-27(36-3)15-23(30-24)26-13-19-8-5-7-11-25(19)31(26)28(32)21-10-6-4-9-20(21)16-37-38(33,34)35;/h4-15,29H,16H2,1-3H3,(H2,33,34,35);1H4/b24-14+;. The molecule has 0 aliphatic carbocycles. The van der Waals surface area contributed by atoms with E-state index < -0.39 is 14.4 Å². The van der Waals surface area contributed by atoms with E-state index >= 15 is 0 Å². The third-order valence-corrected chi connectivity index (χ3v) is 6.73. The second kappa shape index (κ2) is 11.0. The molecule has 0 bridgehead atoms. The summed E-state index contributed by atoms with van der Waals surface area (Å²) < 4.78 is 23.2. The summed E-state index contributed by atoms with van der Waals surface area (Å²) in [7, 11) is -3.15. The Morgan fingerprint density at radius 3 is 2.51 bits per heavy atom. The summed E-state index contributed by atoms with van der Waals surface area (Å²) in [6.07, 6.45) is 3.70. The second-order valence-electron chi connectivity index (χ2n) is 8.94. The fourth-order valence-corrected chi connectivity index (χ4v) is 4.85. The highest BCUT2D eigenvalue weighted by Crippen LogP contribution is 2.37. The Bertz CT molecular complexity index is 1700. The van der Waals surface area contributed by atoms with Crippen LogP contribution in [0.2, 0.25) is 0 Å². The summed E-state index contributed by atoms with van der Waals surface area (Å²) >= 11 is 0. The first-order valence-corrected chi connectivity index (χ1v) is 13.3. The van der Waals surface area contributed by atoms with Crippen LogP contribution in [0.1, 0.15) is 46.0 Å². The summed E-state index contributed by atoms with van der Waals surface area (Å²) in [6, 6.07) is 18.0. The number of para-hydroxylation sites is 1. The van der Waals surface area contributed by atoms with Gasteiger partial charge in [0.2, 0.25) is 0 Å². The highest BCUT2D eigenvalue weighted by molar-refractivity contribution is 7.46. The van der Waals surface area contributed by atoms with Crippen molar-refractivity contribution in [1.29, 1.82) is 0 Å². The maximum absolute atomic E-state index is 14.0. The Morgan fingerprint density at radius 2 is 1.82 bits per heavy atom. The Labute approximate surface area is 226 Å². The molecule has 5 rings (SSSR count). The topological polar surface area (TPSA) is 126 Å². The van der Waals surface area contributed by atoms with Crippen molar-refractivity contribution < 1.29 is 28.4 Å². The summed E-state index contributed by atoms with van der Waals surface area (Å²) in [5, 5.41) is 0.836. The lowest BCUT2D eigenvalue weighted by Gasteiger charge is -2.13. The number of ether oxygens (including phenoxy) is 1. The van der Waals surface area contributed by atoms with Gasteiger partial charge in [-0.25, -0.2) is 9.56 Å². The van der Waals surface area contributed by atoms with Crippen molar-refractivity contribution in [2.45, 2.75) is 27.9 Å². The number of benzene rings is 2. The second-order valence-corrected chi connectivity index (χ2v) is 10.2. The van der Waals surface area contributed by atoms with Gasteiger partial charge in [-0.15, -0.1) is 0 Å². The maximum atomic E-state index is 14.0. The molecule has 10 heteroatoms. The molecule has 0 amide bonds. The molecule has 9 nitrogen and oxygen atoms in total. The van der Waals surface area contributed by atoms with Gasteiger partial charge in [-0.05, 0) is 55.3 Å². The zero-order valence-electron chi connectivity index (χ0n) is 21.0. The minimum atomic E-state index is -4.72. The van der Waals surface area contributed by atoms with Crippen molar-refractivity contribution >= 4 is 36.4 Å². The molecule has 0 spiro atoms. The third-order valence-electron chi connectivity index (χ3n) is 6.26. The van der Waals surface area contributed by atoms with Gasteiger partial charge in [-0.3, -0.25) is 13.9 Å². The molecule has 1 aliphatic rings. The van der Waals surface area contributed by atoms with Gasteiger partial charge in [0.15, 0.2) is 0 Å². The zero-order chi connectivity index (χ0) is 27.0. The fourth-order valence-electron chi connectivity index (χ4n) is 4.54. The molecule has 2 aromatic heterocycles. The van der Waals surface area contributed by atoms with Crippen LogP contribution in [-0.2, 0) is 20.4 Å². The first-order valence-electron chi connectivity index (χ1n) is 11.8. The number of rotatable bonds is 7. The van der Waals surface area contributed by atoms with Crippen LogP contribution in [0.15, 0.2) is 83.2 Å². The van der Waals surface area contributed by atoms with Crippen LogP contribution >= 0.6 is 7.82 Å². The minimum absolute atomic E-state index is 0. The predicted octanol–water partition coefficient (Wildman–Crippen LogP) is 5.89. The largest absolute Gasteiger partial charge is 0.494 e. The summed E-state index contributed by atoms with van der Waals surface area (Å²) in [5.41, 5.74) is 6.02. The molecule has 39 heavy (non-hydrogen) atoms. The average Bonchev–Trinajstić information content (AvgIpc) is 3.56. The lowest BCUT2D eigenvalue weighted by Crippen LogP contribution is -2.19. The van der Waals surface area contributed by atoms with Crippen molar-refractivity contribution in [3.05, 3.63) is 112 Å². The van der Waals surface area contributed by atoms with Gasteiger partial charge in [0.1, 0.15) is 11.5 Å². The zero-order valence-corrected chi connectivity index (χ0v) is 21.9. The molecule has 3 heterocycles. The lowest BCUT2D eigenvalue weighted by molar-refractivity contribution is 0.0960. The number of phosphoric ester groups is 1. The van der Waals surface area contributed by atoms with Crippen LogP contribution in [0.5, 0.6) is 0 Å². The number of carbonyl (C=O) groups is 1. The molecule has 1 aliphatic heterocycles. The molecule has 0 saturated heterocycles. The van der Waals surface area contributed by atoms with E-state index in [1.54, 1.807) is 42.0 Å². The van der Waals surface area contributed by atoms with Crippen LogP contribution in [0.25, 0.3) is 17.0 Å². The first kappa shape index (κ1) is 28.0. The molecule has 202 valence electrons. The van der Waals surface area contributed by atoms with Crippen molar-refractivity contribution in [1.82, 2.24) is 9.55 Å². The van der Waals surface area contributed by atoms with Gasteiger partial charge >= 0.3 is 7.82 Å². The Hall–Kier alpha value is -4.01. The quantitative estimate of drug-likeness (QED) is 0.248. The molecule has 4 aromatic rings. The van der Waals surface area contributed by atoms with Gasteiger partial charge < -0.3 is 19.5 Å². The maximum Gasteiger partial charge on any atom is 0.469 e. The van der Waals surface area contributed by atoms with E-state index in [-0.39, 0.29) is 18.9 Å². The van der Waals surface area contributed by atoms with Crippen LogP contribution < -0.4 is 0 Å². The number of phosphoric acid groups is 1. The van der Waals surface area contributed by atoms with Gasteiger partial charge in [0.25, 0.3) is 5.91 Å². The van der Waals surface area contributed by atoms with E-state index in [4.69, 9.17) is 14.3 Å². The van der Waals surface area contributed by atoms with Crippen molar-refractivity contribution in [3.8, 4) is 0 Å². The van der Waals surface area contributed by atoms with E-state index in [9.17, 15) is 19.1 Å². The SMILES string of the molecule is C.COC1=CC(c2cc3ccccc3n2C(=O)c2ccccc2COP(=O)(O)O)=N/C1=C/c1[nH]c(C)cc1C. The molecule has 3 N–H and O–H groups in total. The number of nitrogens with one attached hydrogen (secondary N) is 1. The van der Waals surface area contributed by atoms with E-state index in [1.165, 1.54) is 0 Å². The number of aryl methyl sites for hydroxylation is 2. The predicted molar refractivity (Wildman–Crippen MR) is 152 cm³/mol. The summed E-state index contributed by atoms with van der Waals surface area (Å²) in [6.45, 7) is 3.57. The number of hydrogen-bond donors (Lipinski definition) is 3. The fraction of sp³-hybridized carbons (Fsp3) is 0.172. The Morgan fingerprint density at radius 1 is 1.10 bits per heavy atom. The first-order chi connectivity index (χ1) is 18.1. The Kier molecular flexibility index (Phi) is 7.90. The van der Waals surface area contributed by atoms with E-state index in [1.807, 2.05) is 56.3 Å². The summed E-state index contributed by atoms with van der Waals surface area (Å²) in [5.74, 6) is 0.181. The highest BCUT2D eigenvalue weighted by Gasteiger charge is 2.26. The molecule has 0 radical (unpaired) electrons. The monoisotopic (exact) mass is 547 g/mol. The molecular formula is C29H30N3O6P. The third kappa shape index (κ3) is 5.72. The number of hydrogen-bond acceptors (Lipinski definition) is 5. The average molecular weight is 548 g/mol. The van der Waals surface area contributed by atoms with E-state index in [0.29, 0.717) is 33.9 Å². The van der Waals surface area contributed by atoms with Gasteiger partial charge in [0, 0.05) is 28.4 Å². The smallest absolute Gasteiger partial charge is 0.469 e. The lowest BCUT2D eigenvalue weighted by atomic mass is 10.1. The molecule has 0 fully saturated rings. The van der Waals surface area contributed by atoms with E-state index in [2.05, 4.69) is 4.98 Å². The highest BCUT2D eigenvalue weighted by atomic mass is 31.2. The normalized spacial score (nSPS) is 14.3. The minimum Gasteiger partial charge on any atom is -0.494 e. The van der Waals surface area contributed by atoms with Crippen molar-refractivity contribution in [3.63, 3.8) is 0 Å². The number of allylic oxidation sites excluding steroid dienone is 1. The number of aliphatic imine (C=N–C) groups is 1. The summed E-state index contributed by atoms with van der Waals surface area (Å²) in [4.78, 5) is 40.5. The van der Waals surface area contributed by atoms with Crippen molar-refractivity contribution in [2.24, 2.45) is 4.99 Å². The van der Waals surface area contributed by atoms with Crippen LogP contribution in [0.4, 0.5) is 0 Å². The van der Waals surface area contributed by atoms with Gasteiger partial charge in [-0.1, -0.05) is 43.8 Å². The van der Waals surface area contributed by atoms with Crippen LogP contribution in [-0.4, -0.2) is 38.1 Å². The number of carbonyl (C=O) groups excluding carboxylic acids is 1. The van der Waals surface area contributed by atoms with E-state index in [0.717, 1.165) is 22.3 Å². The number of fused-ring (bicyclic) bond motifs is 1. The number of aromatic nitrogens is 2. The number of aromatic amines is 1. The molecule has 0 saturated carbocycles. The van der Waals surface area contributed by atoms with Gasteiger partial charge in [0.05, 0.1) is 30.6 Å². The molecule has 0 atom stereocenters. The van der Waals surface area contributed by atoms with Crippen molar-refractivity contribution in [2.75, 3.05) is 7.11 Å². The number of methoxy groups -OCH3 is 1. The number of nitrogens with zero attached hydrogens (tertiary/aromatic N) is 2. The van der Waals surface area contributed by atoms with Crippen LogP contribution in [0.3, 0.4) is 0 Å². The number of H-pyrrole nitrogens is 1.